The summed E-state index contributed by atoms with van der Waals surface area (Å²) in [5, 5.41) is 0. The third-order valence-electron chi connectivity index (χ3n) is 2.13. The van der Waals surface area contributed by atoms with E-state index in [9.17, 15) is 8.78 Å². The number of hydrogen-bond donors (Lipinski definition) is 1. The third kappa shape index (κ3) is 2.49. The Morgan fingerprint density at radius 3 is 2.47 bits per heavy atom. The van der Waals surface area contributed by atoms with Crippen LogP contribution in [0.3, 0.4) is 0 Å². The van der Waals surface area contributed by atoms with Crippen molar-refractivity contribution in [3.8, 4) is 11.5 Å². The summed E-state index contributed by atoms with van der Waals surface area (Å²) in [5.41, 5.74) is 5.61. The summed E-state index contributed by atoms with van der Waals surface area (Å²) in [7, 11) is 0. The molecule has 0 aliphatic carbocycles. The number of rotatable bonds is 2. The number of hydrogen-bond acceptors (Lipinski definition) is 2. The Labute approximate surface area is 111 Å². The Bertz CT molecular complexity index is 560. The first-order chi connectivity index (χ1) is 8.09. The van der Waals surface area contributed by atoms with Gasteiger partial charge in [0.1, 0.15) is 5.75 Å². The molecule has 0 heterocycles. The van der Waals surface area contributed by atoms with Crippen LogP contribution in [0.25, 0.3) is 0 Å². The monoisotopic (exact) mass is 347 g/mol. The SMILES string of the molecule is Nc1ccc(F)c(F)c1Oc1ccccc1I. The van der Waals surface area contributed by atoms with Crippen LogP contribution in [-0.2, 0) is 0 Å². The normalized spacial score (nSPS) is 10.3. The van der Waals surface area contributed by atoms with E-state index in [1.54, 1.807) is 18.2 Å². The predicted molar refractivity (Wildman–Crippen MR) is 70.0 cm³/mol. The van der Waals surface area contributed by atoms with E-state index in [2.05, 4.69) is 0 Å². The Hall–Kier alpha value is -1.37. The van der Waals surface area contributed by atoms with Gasteiger partial charge in [-0.2, -0.15) is 4.39 Å². The highest BCUT2D eigenvalue weighted by Crippen LogP contribution is 2.33. The number of halogens is 3. The fourth-order valence-corrected chi connectivity index (χ4v) is 1.79. The zero-order valence-corrected chi connectivity index (χ0v) is 10.7. The standard InChI is InChI=1S/C12H8F2INO/c13-7-5-6-9(16)12(11(7)14)17-10-4-2-1-3-8(10)15/h1-6H,16H2. The number of nitrogens with two attached hydrogens (primary N) is 1. The summed E-state index contributed by atoms with van der Waals surface area (Å²) in [5.74, 6) is -1.91. The highest BCUT2D eigenvalue weighted by atomic mass is 127. The van der Waals surface area contributed by atoms with Gasteiger partial charge in [0.05, 0.1) is 9.26 Å². The molecule has 0 unspecified atom stereocenters. The lowest BCUT2D eigenvalue weighted by Gasteiger charge is -2.10. The second-order valence-electron chi connectivity index (χ2n) is 3.31. The average molecular weight is 347 g/mol. The van der Waals surface area contributed by atoms with Crippen LogP contribution >= 0.6 is 22.6 Å². The van der Waals surface area contributed by atoms with Crippen molar-refractivity contribution < 1.29 is 13.5 Å². The second kappa shape index (κ2) is 4.87. The zero-order valence-electron chi connectivity index (χ0n) is 8.58. The van der Waals surface area contributed by atoms with Crippen molar-refractivity contribution in [2.75, 3.05) is 5.73 Å². The predicted octanol–water partition coefficient (Wildman–Crippen LogP) is 3.94. The summed E-state index contributed by atoms with van der Waals surface area (Å²) in [4.78, 5) is 0. The molecule has 0 bridgehead atoms. The van der Waals surface area contributed by atoms with Crippen LogP contribution in [-0.4, -0.2) is 0 Å². The molecule has 0 fully saturated rings. The number of ether oxygens (including phenoxy) is 1. The first-order valence-electron chi connectivity index (χ1n) is 4.75. The van der Waals surface area contributed by atoms with Crippen molar-refractivity contribution in [1.82, 2.24) is 0 Å². The van der Waals surface area contributed by atoms with E-state index in [-0.39, 0.29) is 11.4 Å². The maximum absolute atomic E-state index is 13.5. The van der Waals surface area contributed by atoms with Gasteiger partial charge >= 0.3 is 0 Å². The van der Waals surface area contributed by atoms with E-state index in [0.717, 1.165) is 9.64 Å². The van der Waals surface area contributed by atoms with Crippen molar-refractivity contribution >= 4 is 28.3 Å². The van der Waals surface area contributed by atoms with Crippen LogP contribution in [0, 0.1) is 15.2 Å². The molecule has 0 aliphatic rings. The highest BCUT2D eigenvalue weighted by molar-refractivity contribution is 14.1. The van der Waals surface area contributed by atoms with E-state index >= 15 is 0 Å². The van der Waals surface area contributed by atoms with Crippen LogP contribution < -0.4 is 10.5 Å². The molecule has 88 valence electrons. The fourth-order valence-electron chi connectivity index (χ4n) is 1.29. The topological polar surface area (TPSA) is 35.2 Å². The van der Waals surface area contributed by atoms with Crippen molar-refractivity contribution in [1.29, 1.82) is 0 Å². The summed E-state index contributed by atoms with van der Waals surface area (Å²) < 4.78 is 32.6. The van der Waals surface area contributed by atoms with Gasteiger partial charge in [-0.1, -0.05) is 12.1 Å². The number of anilines is 1. The van der Waals surface area contributed by atoms with Crippen molar-refractivity contribution in [3.05, 3.63) is 51.6 Å². The van der Waals surface area contributed by atoms with Crippen molar-refractivity contribution in [2.45, 2.75) is 0 Å². The van der Waals surface area contributed by atoms with E-state index in [0.29, 0.717) is 5.75 Å². The van der Waals surface area contributed by atoms with Crippen LogP contribution in [0.15, 0.2) is 36.4 Å². The lowest BCUT2D eigenvalue weighted by Crippen LogP contribution is -1.98. The summed E-state index contributed by atoms with van der Waals surface area (Å²) >= 11 is 2.04. The van der Waals surface area contributed by atoms with Gasteiger partial charge in [-0.3, -0.25) is 0 Å². The molecule has 5 heteroatoms. The molecule has 0 saturated heterocycles. The minimum Gasteiger partial charge on any atom is -0.451 e. The Kier molecular flexibility index (Phi) is 3.46. The van der Waals surface area contributed by atoms with Crippen molar-refractivity contribution in [3.63, 3.8) is 0 Å². The van der Waals surface area contributed by atoms with Gasteiger partial charge in [-0.25, -0.2) is 4.39 Å². The van der Waals surface area contributed by atoms with Gasteiger partial charge in [0.25, 0.3) is 0 Å². The highest BCUT2D eigenvalue weighted by Gasteiger charge is 2.15. The Balaban J connectivity index is 2.43. The largest absolute Gasteiger partial charge is 0.451 e. The maximum atomic E-state index is 13.5. The summed E-state index contributed by atoms with van der Waals surface area (Å²) in [6.45, 7) is 0. The van der Waals surface area contributed by atoms with Crippen LogP contribution in [0.1, 0.15) is 0 Å². The number of para-hydroxylation sites is 1. The molecule has 2 nitrogen and oxygen atoms in total. The van der Waals surface area contributed by atoms with Gasteiger partial charge in [0.15, 0.2) is 11.6 Å². The van der Waals surface area contributed by atoms with Crippen molar-refractivity contribution in [2.24, 2.45) is 0 Å². The smallest absolute Gasteiger partial charge is 0.203 e. The minimum atomic E-state index is -1.08. The second-order valence-corrected chi connectivity index (χ2v) is 4.47. The quantitative estimate of drug-likeness (QED) is 0.660. The summed E-state index contributed by atoms with van der Waals surface area (Å²) in [6.07, 6.45) is 0. The van der Waals surface area contributed by atoms with E-state index in [4.69, 9.17) is 10.5 Å². The average Bonchev–Trinajstić information content (AvgIpc) is 2.32. The molecule has 0 amide bonds. The molecule has 0 radical (unpaired) electrons. The number of nitrogen functional groups attached to an aromatic ring is 1. The van der Waals surface area contributed by atoms with E-state index in [1.807, 2.05) is 28.7 Å². The molecule has 2 aromatic carbocycles. The Morgan fingerprint density at radius 2 is 1.76 bits per heavy atom. The minimum absolute atomic E-state index is 0.0588. The molecule has 0 saturated carbocycles. The van der Waals surface area contributed by atoms with Crippen LogP contribution in [0.4, 0.5) is 14.5 Å². The third-order valence-corrected chi connectivity index (χ3v) is 3.02. The first-order valence-corrected chi connectivity index (χ1v) is 5.83. The molecule has 2 N–H and O–H groups in total. The van der Waals surface area contributed by atoms with E-state index in [1.165, 1.54) is 6.07 Å². The maximum Gasteiger partial charge on any atom is 0.203 e. The molecule has 17 heavy (non-hydrogen) atoms. The van der Waals surface area contributed by atoms with Gasteiger partial charge in [0.2, 0.25) is 5.82 Å². The van der Waals surface area contributed by atoms with Gasteiger partial charge in [-0.15, -0.1) is 0 Å². The van der Waals surface area contributed by atoms with Gasteiger partial charge in [0, 0.05) is 0 Å². The van der Waals surface area contributed by atoms with Gasteiger partial charge < -0.3 is 10.5 Å². The molecule has 2 aromatic rings. The molecule has 0 atom stereocenters. The fraction of sp³-hybridized carbons (Fsp3) is 0. The molecular weight excluding hydrogens is 339 g/mol. The number of benzene rings is 2. The molecular formula is C12H8F2INO. The van der Waals surface area contributed by atoms with Crippen LogP contribution in [0.2, 0.25) is 0 Å². The lowest BCUT2D eigenvalue weighted by atomic mass is 10.2. The molecule has 0 aromatic heterocycles. The van der Waals surface area contributed by atoms with Crippen LogP contribution in [0.5, 0.6) is 11.5 Å². The zero-order chi connectivity index (χ0) is 12.4. The van der Waals surface area contributed by atoms with Gasteiger partial charge in [-0.05, 0) is 46.9 Å². The lowest BCUT2D eigenvalue weighted by molar-refractivity contribution is 0.416. The first kappa shape index (κ1) is 12.1. The molecule has 0 aliphatic heterocycles. The summed E-state index contributed by atoms with van der Waals surface area (Å²) in [6, 6.07) is 9.25. The van der Waals surface area contributed by atoms with E-state index < -0.39 is 11.6 Å². The molecule has 0 spiro atoms. The Morgan fingerprint density at radius 1 is 1.06 bits per heavy atom. The molecule has 2 rings (SSSR count).